The van der Waals surface area contributed by atoms with Gasteiger partial charge in [0.25, 0.3) is 0 Å². The number of carbonyl (C=O) groups is 1. The second-order valence-electron chi connectivity index (χ2n) is 6.69. The van der Waals surface area contributed by atoms with E-state index in [4.69, 9.17) is 0 Å². The molecule has 1 amide bonds. The van der Waals surface area contributed by atoms with Gasteiger partial charge in [-0.1, -0.05) is 59.8 Å². The van der Waals surface area contributed by atoms with Crippen LogP contribution in [0.2, 0.25) is 0 Å². The number of carbonyl (C=O) groups excluding carboxylic acids is 1. The van der Waals surface area contributed by atoms with Crippen LogP contribution >= 0.6 is 23.1 Å². The Hall–Kier alpha value is -2.97. The third-order valence-corrected chi connectivity index (χ3v) is 6.24. The number of aromatic amines is 1. The molecule has 2 aromatic carbocycles. The largest absolute Gasteiger partial charge is 0.344 e. The molecule has 0 unspecified atom stereocenters. The molecule has 8 heteroatoms. The highest BCUT2D eigenvalue weighted by Gasteiger charge is 2.18. The summed E-state index contributed by atoms with van der Waals surface area (Å²) in [6.45, 7) is 2.03. The van der Waals surface area contributed by atoms with Crippen LogP contribution in [0.1, 0.15) is 22.0 Å². The van der Waals surface area contributed by atoms with Crippen LogP contribution in [0, 0.1) is 12.7 Å². The quantitative estimate of drug-likeness (QED) is 0.399. The second kappa shape index (κ2) is 9.23. The summed E-state index contributed by atoms with van der Waals surface area (Å²) < 4.78 is 13.3. The Labute approximate surface area is 181 Å². The standard InChI is InChI=1S/C22H19FN4OS2/c1-14-4-6-16(7-5-14)21-25-22(27-26-21)30-13-19(28)24-20(18-3-2-12-29-18)15-8-10-17(23)11-9-15/h2-12,20H,13H2,1H3,(H,24,28)(H,25,26,27)/t20-/m1/s1. The zero-order valence-corrected chi connectivity index (χ0v) is 17.8. The number of aryl methyl sites for hydroxylation is 1. The maximum absolute atomic E-state index is 13.3. The van der Waals surface area contributed by atoms with Crippen LogP contribution in [0.15, 0.2) is 71.2 Å². The first-order valence-corrected chi connectivity index (χ1v) is 11.2. The zero-order chi connectivity index (χ0) is 20.9. The van der Waals surface area contributed by atoms with Crippen molar-refractivity contribution in [1.29, 1.82) is 0 Å². The van der Waals surface area contributed by atoms with Crippen LogP contribution in [0.5, 0.6) is 0 Å². The monoisotopic (exact) mass is 438 g/mol. The summed E-state index contributed by atoms with van der Waals surface area (Å²) in [6.07, 6.45) is 0. The number of halogens is 1. The van der Waals surface area contributed by atoms with Gasteiger partial charge in [-0.2, -0.15) is 0 Å². The predicted molar refractivity (Wildman–Crippen MR) is 118 cm³/mol. The highest BCUT2D eigenvalue weighted by atomic mass is 32.2. The molecule has 0 radical (unpaired) electrons. The molecular weight excluding hydrogens is 419 g/mol. The number of aromatic nitrogens is 3. The Kier molecular flexibility index (Phi) is 6.25. The van der Waals surface area contributed by atoms with Crippen LogP contribution in [0.4, 0.5) is 4.39 Å². The lowest BCUT2D eigenvalue weighted by Gasteiger charge is -2.18. The molecule has 5 nitrogen and oxygen atoms in total. The van der Waals surface area contributed by atoms with Crippen LogP contribution in [0.3, 0.4) is 0 Å². The van der Waals surface area contributed by atoms with Crippen molar-refractivity contribution in [2.24, 2.45) is 0 Å². The van der Waals surface area contributed by atoms with Gasteiger partial charge in [0.2, 0.25) is 11.1 Å². The van der Waals surface area contributed by atoms with Crippen LogP contribution in [-0.2, 0) is 4.79 Å². The summed E-state index contributed by atoms with van der Waals surface area (Å²) >= 11 is 2.81. The smallest absolute Gasteiger partial charge is 0.231 e. The van der Waals surface area contributed by atoms with Crippen molar-refractivity contribution in [1.82, 2.24) is 20.5 Å². The minimum absolute atomic E-state index is 0.149. The van der Waals surface area contributed by atoms with Gasteiger partial charge in [0, 0.05) is 10.4 Å². The van der Waals surface area contributed by atoms with E-state index in [1.54, 1.807) is 23.5 Å². The number of H-pyrrole nitrogens is 1. The van der Waals surface area contributed by atoms with E-state index in [-0.39, 0.29) is 23.5 Å². The number of amides is 1. The molecule has 0 spiro atoms. The van der Waals surface area contributed by atoms with Crippen molar-refractivity contribution in [3.05, 3.63) is 87.9 Å². The molecule has 30 heavy (non-hydrogen) atoms. The molecule has 0 aliphatic rings. The molecular formula is C22H19FN4OS2. The van der Waals surface area contributed by atoms with E-state index < -0.39 is 0 Å². The van der Waals surface area contributed by atoms with Gasteiger partial charge >= 0.3 is 0 Å². The van der Waals surface area contributed by atoms with Gasteiger partial charge in [-0.05, 0) is 36.1 Å². The van der Waals surface area contributed by atoms with Gasteiger partial charge in [0.05, 0.1) is 11.8 Å². The summed E-state index contributed by atoms with van der Waals surface area (Å²) in [6, 6.07) is 17.7. The van der Waals surface area contributed by atoms with Crippen LogP contribution in [-0.4, -0.2) is 26.8 Å². The van der Waals surface area contributed by atoms with Crippen LogP contribution in [0.25, 0.3) is 11.4 Å². The van der Waals surface area contributed by atoms with E-state index in [9.17, 15) is 9.18 Å². The lowest BCUT2D eigenvalue weighted by atomic mass is 10.1. The highest BCUT2D eigenvalue weighted by Crippen LogP contribution is 2.27. The fourth-order valence-corrected chi connectivity index (χ4v) is 4.33. The van der Waals surface area contributed by atoms with Crippen molar-refractivity contribution in [3.8, 4) is 11.4 Å². The Balaban J connectivity index is 1.40. The Morgan fingerprint density at radius 2 is 1.93 bits per heavy atom. The number of hydrogen-bond acceptors (Lipinski definition) is 5. The van der Waals surface area contributed by atoms with E-state index in [0.717, 1.165) is 16.0 Å². The lowest BCUT2D eigenvalue weighted by Crippen LogP contribution is -2.30. The first-order valence-electron chi connectivity index (χ1n) is 9.29. The molecule has 0 bridgehead atoms. The predicted octanol–water partition coefficient (Wildman–Crippen LogP) is 4.98. The fraction of sp³-hybridized carbons (Fsp3) is 0.136. The molecule has 0 fully saturated rings. The van der Waals surface area contributed by atoms with Crippen molar-refractivity contribution < 1.29 is 9.18 Å². The molecule has 0 aliphatic heterocycles. The van der Waals surface area contributed by atoms with Gasteiger partial charge in [-0.15, -0.1) is 16.4 Å². The molecule has 0 saturated heterocycles. The minimum atomic E-state index is -0.325. The van der Waals surface area contributed by atoms with Gasteiger partial charge in [0.15, 0.2) is 5.82 Å². The number of thioether (sulfide) groups is 1. The van der Waals surface area contributed by atoms with E-state index in [1.165, 1.54) is 29.5 Å². The molecule has 2 heterocycles. The summed E-state index contributed by atoms with van der Waals surface area (Å²) in [5.74, 6) is 0.387. The van der Waals surface area contributed by atoms with E-state index in [2.05, 4.69) is 20.5 Å². The van der Waals surface area contributed by atoms with E-state index >= 15 is 0 Å². The maximum atomic E-state index is 13.3. The van der Waals surface area contributed by atoms with Crippen molar-refractivity contribution in [2.45, 2.75) is 18.1 Å². The Morgan fingerprint density at radius 3 is 2.63 bits per heavy atom. The number of nitrogens with one attached hydrogen (secondary N) is 2. The average Bonchev–Trinajstić information content (AvgIpc) is 3.44. The summed E-state index contributed by atoms with van der Waals surface area (Å²) in [7, 11) is 0. The number of thiophene rings is 1. The summed E-state index contributed by atoms with van der Waals surface area (Å²) in [5.41, 5.74) is 2.95. The molecule has 2 aromatic heterocycles. The van der Waals surface area contributed by atoms with Gasteiger partial charge in [0.1, 0.15) is 5.82 Å². The molecule has 152 valence electrons. The van der Waals surface area contributed by atoms with Gasteiger partial charge < -0.3 is 5.32 Å². The van der Waals surface area contributed by atoms with Gasteiger partial charge in [-0.3, -0.25) is 9.89 Å². The number of benzene rings is 2. The number of nitrogens with zero attached hydrogens (tertiary/aromatic N) is 2. The van der Waals surface area contributed by atoms with Crippen LogP contribution < -0.4 is 5.32 Å². The zero-order valence-electron chi connectivity index (χ0n) is 16.1. The molecule has 4 aromatic rings. The molecule has 4 rings (SSSR count). The number of rotatable bonds is 7. The summed E-state index contributed by atoms with van der Waals surface area (Å²) in [4.78, 5) is 18.1. The van der Waals surface area contributed by atoms with Gasteiger partial charge in [-0.25, -0.2) is 9.37 Å². The third kappa shape index (κ3) is 4.95. The first-order chi connectivity index (χ1) is 14.6. The number of hydrogen-bond donors (Lipinski definition) is 2. The highest BCUT2D eigenvalue weighted by molar-refractivity contribution is 7.99. The van der Waals surface area contributed by atoms with Crippen molar-refractivity contribution >= 4 is 29.0 Å². The molecule has 0 saturated carbocycles. The SMILES string of the molecule is Cc1ccc(-c2nc(SCC(=O)N[C@H](c3ccc(F)cc3)c3cccs3)n[nH]2)cc1. The Bertz CT molecular complexity index is 1110. The van der Waals surface area contributed by atoms with Crippen molar-refractivity contribution in [2.75, 3.05) is 5.75 Å². The average molecular weight is 439 g/mol. The minimum Gasteiger partial charge on any atom is -0.344 e. The second-order valence-corrected chi connectivity index (χ2v) is 8.61. The third-order valence-electron chi connectivity index (χ3n) is 4.46. The van der Waals surface area contributed by atoms with E-state index in [0.29, 0.717) is 11.0 Å². The lowest BCUT2D eigenvalue weighted by molar-refractivity contribution is -0.119. The molecule has 1 atom stereocenters. The Morgan fingerprint density at radius 1 is 1.17 bits per heavy atom. The normalized spacial score (nSPS) is 11.9. The van der Waals surface area contributed by atoms with Crippen molar-refractivity contribution in [3.63, 3.8) is 0 Å². The van der Waals surface area contributed by atoms with E-state index in [1.807, 2.05) is 48.7 Å². The molecule has 0 aliphatic carbocycles. The topological polar surface area (TPSA) is 70.7 Å². The summed E-state index contributed by atoms with van der Waals surface area (Å²) in [5, 5.41) is 12.6. The maximum Gasteiger partial charge on any atom is 0.231 e. The molecule has 2 N–H and O–H groups in total. The fourth-order valence-electron chi connectivity index (χ4n) is 2.91. The first kappa shape index (κ1) is 20.3.